The molecule has 1 aliphatic carbocycles. The van der Waals surface area contributed by atoms with Crippen LogP contribution >= 0.6 is 11.3 Å². The maximum Gasteiger partial charge on any atom is 0.263 e. The van der Waals surface area contributed by atoms with Gasteiger partial charge in [-0.15, -0.1) is 11.3 Å². The van der Waals surface area contributed by atoms with Crippen molar-refractivity contribution in [2.24, 2.45) is 5.92 Å². The SMILES string of the molecule is Cc1ccc(C(=O)N2CCC[C@@H](COc3ccc(C(=O)NC4CC4)cc3)C2)s1. The number of rotatable bonds is 6. The Bertz CT molecular complexity index is 842. The zero-order chi connectivity index (χ0) is 19.5. The number of aryl methyl sites for hydroxylation is 1. The molecule has 6 heteroatoms. The lowest BCUT2D eigenvalue weighted by Crippen LogP contribution is -2.41. The quantitative estimate of drug-likeness (QED) is 0.803. The molecule has 1 aromatic heterocycles. The summed E-state index contributed by atoms with van der Waals surface area (Å²) in [5, 5.41) is 2.99. The highest BCUT2D eigenvalue weighted by atomic mass is 32.1. The van der Waals surface area contributed by atoms with Crippen molar-refractivity contribution in [2.75, 3.05) is 19.7 Å². The number of hydrogen-bond donors (Lipinski definition) is 1. The van der Waals surface area contributed by atoms with E-state index < -0.39 is 0 Å². The lowest BCUT2D eigenvalue weighted by molar-refractivity contribution is 0.0638. The van der Waals surface area contributed by atoms with Gasteiger partial charge in [0.2, 0.25) is 0 Å². The predicted octanol–water partition coefficient (Wildman–Crippen LogP) is 3.88. The number of ether oxygens (including phenoxy) is 1. The molecule has 1 aliphatic heterocycles. The summed E-state index contributed by atoms with van der Waals surface area (Å²) < 4.78 is 5.94. The van der Waals surface area contributed by atoms with E-state index in [-0.39, 0.29) is 11.8 Å². The third-order valence-corrected chi connectivity index (χ3v) is 6.26. The Balaban J connectivity index is 1.28. The third kappa shape index (κ3) is 4.73. The fourth-order valence-corrected chi connectivity index (χ4v) is 4.34. The van der Waals surface area contributed by atoms with Gasteiger partial charge >= 0.3 is 0 Å². The van der Waals surface area contributed by atoms with Crippen molar-refractivity contribution in [2.45, 2.75) is 38.6 Å². The van der Waals surface area contributed by atoms with E-state index in [9.17, 15) is 9.59 Å². The van der Waals surface area contributed by atoms with Gasteiger partial charge < -0.3 is 15.0 Å². The maximum atomic E-state index is 12.7. The summed E-state index contributed by atoms with van der Waals surface area (Å²) >= 11 is 1.56. The minimum Gasteiger partial charge on any atom is -0.493 e. The highest BCUT2D eigenvalue weighted by Crippen LogP contribution is 2.24. The van der Waals surface area contributed by atoms with Crippen molar-refractivity contribution >= 4 is 23.2 Å². The van der Waals surface area contributed by atoms with Crippen LogP contribution in [-0.2, 0) is 0 Å². The first kappa shape index (κ1) is 19.0. The number of carbonyl (C=O) groups is 2. The molecule has 4 rings (SSSR count). The molecular formula is C22H26N2O3S. The Labute approximate surface area is 169 Å². The van der Waals surface area contributed by atoms with Gasteiger partial charge in [0.05, 0.1) is 11.5 Å². The van der Waals surface area contributed by atoms with Crippen LogP contribution in [0.5, 0.6) is 5.75 Å². The van der Waals surface area contributed by atoms with Crippen molar-refractivity contribution in [3.8, 4) is 5.75 Å². The summed E-state index contributed by atoms with van der Waals surface area (Å²) in [4.78, 5) is 28.6. The molecule has 0 bridgehead atoms. The van der Waals surface area contributed by atoms with Crippen molar-refractivity contribution in [3.63, 3.8) is 0 Å². The molecule has 1 saturated heterocycles. The van der Waals surface area contributed by atoms with Crippen molar-refractivity contribution in [3.05, 3.63) is 51.7 Å². The Morgan fingerprint density at radius 3 is 2.61 bits per heavy atom. The van der Waals surface area contributed by atoms with Gasteiger partial charge in [0.25, 0.3) is 11.8 Å². The first-order chi connectivity index (χ1) is 13.6. The summed E-state index contributed by atoms with van der Waals surface area (Å²) in [6.07, 6.45) is 4.24. The van der Waals surface area contributed by atoms with Crippen LogP contribution in [0.2, 0.25) is 0 Å². The van der Waals surface area contributed by atoms with E-state index in [1.807, 2.05) is 48.2 Å². The Hall–Kier alpha value is -2.34. The smallest absolute Gasteiger partial charge is 0.263 e. The standard InChI is InChI=1S/C22H26N2O3S/c1-15-4-11-20(28-15)22(26)24-12-2-3-16(13-24)14-27-19-9-5-17(6-10-19)21(25)23-18-7-8-18/h4-6,9-11,16,18H,2-3,7-8,12-14H2,1H3,(H,23,25)/t16-/m1/s1. The lowest BCUT2D eigenvalue weighted by Gasteiger charge is -2.32. The fourth-order valence-electron chi connectivity index (χ4n) is 3.50. The average Bonchev–Trinajstić information content (AvgIpc) is 3.43. The monoisotopic (exact) mass is 398 g/mol. The summed E-state index contributed by atoms with van der Waals surface area (Å²) in [5.74, 6) is 1.21. The van der Waals surface area contributed by atoms with Crippen LogP contribution < -0.4 is 10.1 Å². The molecule has 1 saturated carbocycles. The summed E-state index contributed by atoms with van der Waals surface area (Å²) in [6.45, 7) is 4.16. The zero-order valence-electron chi connectivity index (χ0n) is 16.1. The summed E-state index contributed by atoms with van der Waals surface area (Å²) in [7, 11) is 0. The van der Waals surface area contributed by atoms with E-state index in [2.05, 4.69) is 5.32 Å². The normalized spacial score (nSPS) is 19.3. The number of amides is 2. The second-order valence-electron chi connectivity index (χ2n) is 7.75. The van der Waals surface area contributed by atoms with Gasteiger partial charge in [-0.25, -0.2) is 0 Å². The van der Waals surface area contributed by atoms with E-state index in [1.165, 1.54) is 0 Å². The molecule has 0 radical (unpaired) electrons. The van der Waals surface area contributed by atoms with E-state index in [1.54, 1.807) is 11.3 Å². The van der Waals surface area contributed by atoms with Crippen LogP contribution in [0.3, 0.4) is 0 Å². The molecule has 0 unspecified atom stereocenters. The van der Waals surface area contributed by atoms with Gasteiger partial charge in [-0.1, -0.05) is 0 Å². The van der Waals surface area contributed by atoms with E-state index in [4.69, 9.17) is 4.74 Å². The number of likely N-dealkylation sites (tertiary alicyclic amines) is 1. The average molecular weight is 399 g/mol. The third-order valence-electron chi connectivity index (χ3n) is 5.27. The molecule has 2 aromatic rings. The first-order valence-corrected chi connectivity index (χ1v) is 10.8. The van der Waals surface area contributed by atoms with Crippen molar-refractivity contribution in [1.29, 1.82) is 0 Å². The zero-order valence-corrected chi connectivity index (χ0v) is 17.0. The molecule has 28 heavy (non-hydrogen) atoms. The number of benzene rings is 1. The molecule has 2 aliphatic rings. The molecule has 1 aromatic carbocycles. The van der Waals surface area contributed by atoms with Gasteiger partial charge in [0, 0.05) is 35.5 Å². The number of carbonyl (C=O) groups excluding carboxylic acids is 2. The van der Waals surface area contributed by atoms with Crippen molar-refractivity contribution in [1.82, 2.24) is 10.2 Å². The molecule has 5 nitrogen and oxygen atoms in total. The molecule has 2 fully saturated rings. The number of hydrogen-bond acceptors (Lipinski definition) is 4. The number of nitrogens with zero attached hydrogens (tertiary/aromatic N) is 1. The second-order valence-corrected chi connectivity index (χ2v) is 9.04. The van der Waals surface area contributed by atoms with Crippen LogP contribution in [0.1, 0.15) is 50.6 Å². The maximum absolute atomic E-state index is 12.7. The van der Waals surface area contributed by atoms with Crippen molar-refractivity contribution < 1.29 is 14.3 Å². The Morgan fingerprint density at radius 1 is 1.14 bits per heavy atom. The van der Waals surface area contributed by atoms with E-state index in [0.717, 1.165) is 54.3 Å². The van der Waals surface area contributed by atoms with Gasteiger partial charge in [-0.05, 0) is 69.0 Å². The van der Waals surface area contributed by atoms with Gasteiger partial charge in [0.15, 0.2) is 0 Å². The minimum atomic E-state index is -0.0145. The largest absolute Gasteiger partial charge is 0.493 e. The van der Waals surface area contributed by atoms with Gasteiger partial charge in [-0.2, -0.15) is 0 Å². The highest BCUT2D eigenvalue weighted by Gasteiger charge is 2.26. The van der Waals surface area contributed by atoms with E-state index >= 15 is 0 Å². The molecule has 2 heterocycles. The summed E-state index contributed by atoms with van der Waals surface area (Å²) in [5.41, 5.74) is 0.667. The van der Waals surface area contributed by atoms with E-state index in [0.29, 0.717) is 24.1 Å². The molecule has 0 spiro atoms. The number of nitrogens with one attached hydrogen (secondary N) is 1. The fraction of sp³-hybridized carbons (Fsp3) is 0.455. The number of piperidine rings is 1. The molecule has 2 amide bonds. The van der Waals surface area contributed by atoms with Gasteiger partial charge in [-0.3, -0.25) is 9.59 Å². The predicted molar refractivity (Wildman–Crippen MR) is 110 cm³/mol. The highest BCUT2D eigenvalue weighted by molar-refractivity contribution is 7.13. The van der Waals surface area contributed by atoms with Gasteiger partial charge in [0.1, 0.15) is 5.75 Å². The summed E-state index contributed by atoms with van der Waals surface area (Å²) in [6, 6.07) is 11.6. The Kier molecular flexibility index (Phi) is 5.67. The number of thiophene rings is 1. The molecule has 1 atom stereocenters. The lowest BCUT2D eigenvalue weighted by atomic mass is 9.99. The minimum absolute atomic E-state index is 0.0145. The Morgan fingerprint density at radius 2 is 1.93 bits per heavy atom. The topological polar surface area (TPSA) is 58.6 Å². The second kappa shape index (κ2) is 8.35. The molecule has 148 valence electrons. The van der Waals surface area contributed by atoms with Crippen LogP contribution in [0.15, 0.2) is 36.4 Å². The molecular weight excluding hydrogens is 372 g/mol. The van der Waals surface area contributed by atoms with Crippen LogP contribution in [0.4, 0.5) is 0 Å². The van der Waals surface area contributed by atoms with Crippen LogP contribution in [0.25, 0.3) is 0 Å². The van der Waals surface area contributed by atoms with Crippen LogP contribution in [0, 0.1) is 12.8 Å². The first-order valence-electron chi connectivity index (χ1n) is 9.98. The molecule has 1 N–H and O–H groups in total. The van der Waals surface area contributed by atoms with Crippen LogP contribution in [-0.4, -0.2) is 42.5 Å².